The highest BCUT2D eigenvalue weighted by Crippen LogP contribution is 2.60. The Labute approximate surface area is 439 Å². The van der Waals surface area contributed by atoms with Crippen LogP contribution in [0.5, 0.6) is 0 Å². The van der Waals surface area contributed by atoms with Gasteiger partial charge in [0.25, 0.3) is 0 Å². The number of rotatable bonds is 11. The standard InChI is InChI=1S/C72H51N3/c73-68(52-32-11-3-12-33-52)66(51-30-9-2-10-31-51)70-59-43-21-22-44-60(59)71(69(74-70)53-34-13-4-14-35-53)75(64-48-26-24-42-58(64)57-41-20-19-40-56(57)50-28-7-1-8-29-50)65-49-27-47-63-67(65)61-45-23-25-46-62(61)72(63,54-36-15-5-16-37-54)55-38-17-6-18-39-55/h1-49,73-74H/b70-66-,73-68?. The maximum Gasteiger partial charge on any atom is 0.0783 e. The summed E-state index contributed by atoms with van der Waals surface area (Å²) in [6.07, 6.45) is 0. The third-order valence-corrected chi connectivity index (χ3v) is 15.0. The molecule has 0 bridgehead atoms. The fourth-order valence-corrected chi connectivity index (χ4v) is 11.8. The monoisotopic (exact) mass is 957 g/mol. The van der Waals surface area contributed by atoms with Gasteiger partial charge < -0.3 is 10.2 Å². The number of hydrogen-bond acceptors (Lipinski definition) is 3. The van der Waals surface area contributed by atoms with Crippen LogP contribution < -0.4 is 10.2 Å². The van der Waals surface area contributed by atoms with Gasteiger partial charge in [0.15, 0.2) is 0 Å². The second kappa shape index (κ2) is 19.3. The minimum Gasteiger partial charge on any atom is -0.352 e. The highest BCUT2D eigenvalue weighted by Gasteiger charge is 2.48. The van der Waals surface area contributed by atoms with Gasteiger partial charge >= 0.3 is 0 Å². The van der Waals surface area contributed by atoms with Crippen molar-refractivity contribution < 1.29 is 0 Å². The molecule has 0 spiro atoms. The van der Waals surface area contributed by atoms with Crippen LogP contribution in [0, 0.1) is 5.41 Å². The molecule has 0 saturated carbocycles. The first-order valence-corrected chi connectivity index (χ1v) is 25.7. The predicted octanol–water partition coefficient (Wildman–Crippen LogP) is 17.6. The normalized spacial score (nSPS) is 13.7. The van der Waals surface area contributed by atoms with Gasteiger partial charge in [-0.25, -0.2) is 0 Å². The van der Waals surface area contributed by atoms with E-state index in [9.17, 15) is 5.41 Å². The van der Waals surface area contributed by atoms with E-state index in [-0.39, 0.29) is 0 Å². The van der Waals surface area contributed by atoms with E-state index >= 15 is 0 Å². The highest BCUT2D eigenvalue weighted by molar-refractivity contribution is 6.36. The summed E-state index contributed by atoms with van der Waals surface area (Å²) >= 11 is 0. The second-order valence-electron chi connectivity index (χ2n) is 19.1. The summed E-state index contributed by atoms with van der Waals surface area (Å²) in [5.74, 6) is 0. The van der Waals surface area contributed by atoms with Crippen LogP contribution in [0.3, 0.4) is 0 Å². The maximum atomic E-state index is 10.1. The maximum absolute atomic E-state index is 10.1. The molecule has 0 fully saturated rings. The van der Waals surface area contributed by atoms with Crippen molar-refractivity contribution in [1.82, 2.24) is 5.32 Å². The molecule has 2 aliphatic rings. The lowest BCUT2D eigenvalue weighted by atomic mass is 9.68. The molecule has 3 heteroatoms. The molecule has 75 heavy (non-hydrogen) atoms. The molecule has 3 nitrogen and oxygen atoms in total. The Morgan fingerprint density at radius 3 is 1.40 bits per heavy atom. The first kappa shape index (κ1) is 45.1. The summed E-state index contributed by atoms with van der Waals surface area (Å²) in [7, 11) is 0. The summed E-state index contributed by atoms with van der Waals surface area (Å²) in [6, 6.07) is 107. The number of anilines is 2. The van der Waals surface area contributed by atoms with Gasteiger partial charge in [-0.3, -0.25) is 5.41 Å². The SMILES string of the molecule is N=C(/C(=C1\NC(c2ccccc2)=C(N(c2ccccc2-c2ccccc2-c2ccccc2)c2cccc3c2-c2ccccc2C3(c2ccccc2)c2ccccc2)c2ccccc21)c1ccccc1)c1ccccc1. The molecule has 1 aliphatic heterocycles. The molecule has 2 N–H and O–H groups in total. The number of allylic oxidation sites excluding steroid dienone is 1. The number of nitrogens with one attached hydrogen (secondary N) is 2. The van der Waals surface area contributed by atoms with Gasteiger partial charge in [0.05, 0.1) is 39.6 Å². The molecule has 0 aromatic heterocycles. The fraction of sp³-hybridized carbons (Fsp3) is 0.0139. The summed E-state index contributed by atoms with van der Waals surface area (Å²) < 4.78 is 0. The minimum atomic E-state index is -0.632. The van der Waals surface area contributed by atoms with E-state index in [1.807, 2.05) is 36.4 Å². The minimum absolute atomic E-state index is 0.435. The lowest BCUT2D eigenvalue weighted by Crippen LogP contribution is -2.30. The van der Waals surface area contributed by atoms with Crippen LogP contribution in [0.1, 0.15) is 50.1 Å². The van der Waals surface area contributed by atoms with Crippen LogP contribution in [0.2, 0.25) is 0 Å². The van der Waals surface area contributed by atoms with Gasteiger partial charge in [0.2, 0.25) is 0 Å². The van der Waals surface area contributed by atoms with E-state index in [0.29, 0.717) is 5.71 Å². The summed E-state index contributed by atoms with van der Waals surface area (Å²) in [4.78, 5) is 2.55. The molecular formula is C72H51N3. The number of nitrogens with zero attached hydrogens (tertiary/aromatic N) is 1. The van der Waals surface area contributed by atoms with Crippen LogP contribution in [0.25, 0.3) is 56.0 Å². The van der Waals surface area contributed by atoms with E-state index in [4.69, 9.17) is 0 Å². The Balaban J connectivity index is 1.18. The van der Waals surface area contributed by atoms with Gasteiger partial charge in [0, 0.05) is 39.0 Å². The van der Waals surface area contributed by atoms with E-state index < -0.39 is 5.41 Å². The topological polar surface area (TPSA) is 39.1 Å². The largest absolute Gasteiger partial charge is 0.352 e. The third-order valence-electron chi connectivity index (χ3n) is 15.0. The first-order chi connectivity index (χ1) is 37.2. The van der Waals surface area contributed by atoms with E-state index in [1.54, 1.807) is 0 Å². The quantitative estimate of drug-likeness (QED) is 0.127. The third kappa shape index (κ3) is 7.64. The Hall–Kier alpha value is -9.83. The van der Waals surface area contributed by atoms with Crippen molar-refractivity contribution in [3.05, 3.63) is 347 Å². The van der Waals surface area contributed by atoms with E-state index in [0.717, 1.165) is 84.1 Å². The van der Waals surface area contributed by atoms with Crippen molar-refractivity contribution in [3.63, 3.8) is 0 Å². The number of benzene rings is 11. The molecule has 1 heterocycles. The van der Waals surface area contributed by atoms with Crippen molar-refractivity contribution >= 4 is 39.8 Å². The van der Waals surface area contributed by atoms with Crippen molar-refractivity contribution in [2.45, 2.75) is 5.41 Å². The van der Waals surface area contributed by atoms with Crippen molar-refractivity contribution in [3.8, 4) is 33.4 Å². The zero-order chi connectivity index (χ0) is 50.1. The number of hydrogen-bond donors (Lipinski definition) is 2. The lowest BCUT2D eigenvalue weighted by Gasteiger charge is -2.38. The van der Waals surface area contributed by atoms with Crippen LogP contribution in [-0.2, 0) is 5.41 Å². The summed E-state index contributed by atoms with van der Waals surface area (Å²) in [5.41, 5.74) is 22.1. The second-order valence-corrected chi connectivity index (χ2v) is 19.1. The van der Waals surface area contributed by atoms with Crippen LogP contribution in [-0.4, -0.2) is 5.71 Å². The van der Waals surface area contributed by atoms with Crippen molar-refractivity contribution in [2.75, 3.05) is 4.90 Å². The van der Waals surface area contributed by atoms with Crippen LogP contribution in [0.15, 0.2) is 297 Å². The van der Waals surface area contributed by atoms with Gasteiger partial charge in [-0.1, -0.05) is 285 Å². The van der Waals surface area contributed by atoms with Crippen molar-refractivity contribution in [1.29, 1.82) is 5.41 Å². The van der Waals surface area contributed by atoms with Gasteiger partial charge in [-0.15, -0.1) is 0 Å². The van der Waals surface area contributed by atoms with Gasteiger partial charge in [-0.2, -0.15) is 0 Å². The van der Waals surface area contributed by atoms with E-state index in [1.165, 1.54) is 33.4 Å². The molecule has 11 aromatic rings. The Kier molecular flexibility index (Phi) is 11.6. The van der Waals surface area contributed by atoms with E-state index in [2.05, 4.69) is 271 Å². The zero-order valence-electron chi connectivity index (χ0n) is 41.2. The van der Waals surface area contributed by atoms with Crippen molar-refractivity contribution in [2.24, 2.45) is 0 Å². The summed E-state index contributed by atoms with van der Waals surface area (Å²) in [6.45, 7) is 0. The average molecular weight is 958 g/mol. The smallest absolute Gasteiger partial charge is 0.0783 e. The molecule has 0 unspecified atom stereocenters. The van der Waals surface area contributed by atoms with Gasteiger partial charge in [-0.05, 0) is 62.2 Å². The zero-order valence-corrected chi connectivity index (χ0v) is 41.2. The summed E-state index contributed by atoms with van der Waals surface area (Å²) in [5, 5.41) is 14.3. The fourth-order valence-electron chi connectivity index (χ4n) is 11.8. The molecule has 13 rings (SSSR count). The lowest BCUT2D eigenvalue weighted by molar-refractivity contribution is 0.768. The van der Waals surface area contributed by atoms with Gasteiger partial charge in [0.1, 0.15) is 0 Å². The van der Waals surface area contributed by atoms with Crippen LogP contribution >= 0.6 is 0 Å². The molecule has 354 valence electrons. The Morgan fingerprint density at radius 1 is 0.333 bits per heavy atom. The average Bonchev–Trinajstić information content (AvgIpc) is 3.84. The molecule has 0 radical (unpaired) electrons. The Morgan fingerprint density at radius 2 is 0.773 bits per heavy atom. The first-order valence-electron chi connectivity index (χ1n) is 25.7. The Bertz CT molecular complexity index is 3920. The molecule has 0 amide bonds. The number of fused-ring (bicyclic) bond motifs is 4. The molecule has 1 aliphatic carbocycles. The molecule has 0 saturated heterocycles. The van der Waals surface area contributed by atoms with Crippen LogP contribution in [0.4, 0.5) is 11.4 Å². The molecular weight excluding hydrogens is 907 g/mol. The predicted molar refractivity (Wildman–Crippen MR) is 313 cm³/mol. The highest BCUT2D eigenvalue weighted by atomic mass is 15.2. The molecule has 11 aromatic carbocycles. The number of para-hydroxylation sites is 1. The molecule has 0 atom stereocenters.